The highest BCUT2D eigenvalue weighted by Crippen LogP contribution is 2.24. The molecule has 0 unspecified atom stereocenters. The van der Waals surface area contributed by atoms with Crippen LogP contribution >= 0.6 is 0 Å². The molecule has 3 nitrogen and oxygen atoms in total. The summed E-state index contributed by atoms with van der Waals surface area (Å²) < 4.78 is 0. The lowest BCUT2D eigenvalue weighted by Crippen LogP contribution is -2.43. The highest BCUT2D eigenvalue weighted by molar-refractivity contribution is 5.76. The minimum atomic E-state index is 0.136. The Morgan fingerprint density at radius 1 is 1.40 bits per heavy atom. The standard InChI is InChI=1S/C12H24N2O/c1-4-12(2,3)9-11(15)14-10-5-7-13-8-6-10/h10,13H,4-9H2,1-3H3,(H,14,15). The van der Waals surface area contributed by atoms with E-state index in [-0.39, 0.29) is 11.3 Å². The fourth-order valence-electron chi connectivity index (χ4n) is 1.80. The van der Waals surface area contributed by atoms with E-state index in [1.165, 1.54) is 0 Å². The zero-order valence-corrected chi connectivity index (χ0v) is 10.2. The van der Waals surface area contributed by atoms with Crippen molar-refractivity contribution in [2.75, 3.05) is 13.1 Å². The minimum Gasteiger partial charge on any atom is -0.353 e. The number of hydrogen-bond acceptors (Lipinski definition) is 2. The lowest BCUT2D eigenvalue weighted by molar-refractivity contribution is -0.123. The van der Waals surface area contributed by atoms with E-state index in [1.807, 2.05) is 0 Å². The Kier molecular flexibility index (Phi) is 4.58. The first-order chi connectivity index (χ1) is 7.03. The van der Waals surface area contributed by atoms with E-state index in [4.69, 9.17) is 0 Å². The summed E-state index contributed by atoms with van der Waals surface area (Å²) in [6, 6.07) is 0.395. The van der Waals surface area contributed by atoms with Crippen LogP contribution in [0.5, 0.6) is 0 Å². The van der Waals surface area contributed by atoms with Gasteiger partial charge >= 0.3 is 0 Å². The van der Waals surface area contributed by atoms with Crippen molar-refractivity contribution in [3.05, 3.63) is 0 Å². The number of hydrogen-bond donors (Lipinski definition) is 2. The maximum atomic E-state index is 11.8. The maximum Gasteiger partial charge on any atom is 0.220 e. The molecule has 1 rings (SSSR count). The third kappa shape index (κ3) is 4.65. The number of amides is 1. The Morgan fingerprint density at radius 3 is 2.53 bits per heavy atom. The summed E-state index contributed by atoms with van der Waals surface area (Å²) in [7, 11) is 0. The lowest BCUT2D eigenvalue weighted by atomic mass is 9.86. The van der Waals surface area contributed by atoms with E-state index >= 15 is 0 Å². The van der Waals surface area contributed by atoms with E-state index in [1.54, 1.807) is 0 Å². The summed E-state index contributed by atoms with van der Waals surface area (Å²) in [6.45, 7) is 8.49. The fraction of sp³-hybridized carbons (Fsp3) is 0.917. The molecule has 0 radical (unpaired) electrons. The number of nitrogens with one attached hydrogen (secondary N) is 2. The predicted octanol–water partition coefficient (Wildman–Crippen LogP) is 1.68. The molecule has 2 N–H and O–H groups in total. The Balaban J connectivity index is 2.28. The normalized spacial score (nSPS) is 18.9. The SMILES string of the molecule is CCC(C)(C)CC(=O)NC1CCNCC1. The fourth-order valence-corrected chi connectivity index (χ4v) is 1.80. The summed E-state index contributed by atoms with van der Waals surface area (Å²) in [5, 5.41) is 6.43. The second-order valence-corrected chi connectivity index (χ2v) is 5.29. The van der Waals surface area contributed by atoms with E-state index < -0.39 is 0 Å². The monoisotopic (exact) mass is 212 g/mol. The molecule has 15 heavy (non-hydrogen) atoms. The van der Waals surface area contributed by atoms with Gasteiger partial charge in [-0.1, -0.05) is 27.2 Å². The molecule has 0 spiro atoms. The molecule has 1 heterocycles. The van der Waals surface area contributed by atoms with Gasteiger partial charge in [0.05, 0.1) is 0 Å². The van der Waals surface area contributed by atoms with Gasteiger partial charge in [-0.15, -0.1) is 0 Å². The number of rotatable bonds is 4. The van der Waals surface area contributed by atoms with Crippen LogP contribution in [-0.4, -0.2) is 25.0 Å². The van der Waals surface area contributed by atoms with Gasteiger partial charge in [0.25, 0.3) is 0 Å². The highest BCUT2D eigenvalue weighted by Gasteiger charge is 2.22. The van der Waals surface area contributed by atoms with Crippen LogP contribution in [0.1, 0.15) is 46.5 Å². The van der Waals surface area contributed by atoms with Crippen LogP contribution in [0.25, 0.3) is 0 Å². The summed E-state index contributed by atoms with van der Waals surface area (Å²) >= 11 is 0. The third-order valence-corrected chi connectivity index (χ3v) is 3.30. The van der Waals surface area contributed by atoms with Gasteiger partial charge in [-0.2, -0.15) is 0 Å². The minimum absolute atomic E-state index is 0.136. The second-order valence-electron chi connectivity index (χ2n) is 5.29. The van der Waals surface area contributed by atoms with Crippen LogP contribution in [-0.2, 0) is 4.79 Å². The van der Waals surface area contributed by atoms with E-state index in [0.29, 0.717) is 12.5 Å². The number of carbonyl (C=O) groups is 1. The predicted molar refractivity (Wildman–Crippen MR) is 62.7 cm³/mol. The summed E-state index contributed by atoms with van der Waals surface area (Å²) in [5.74, 6) is 0.216. The average Bonchev–Trinajstić information content (AvgIpc) is 2.18. The van der Waals surface area contributed by atoms with Crippen molar-refractivity contribution in [1.82, 2.24) is 10.6 Å². The largest absolute Gasteiger partial charge is 0.353 e. The first kappa shape index (κ1) is 12.5. The maximum absolute atomic E-state index is 11.8. The molecular weight excluding hydrogens is 188 g/mol. The highest BCUT2D eigenvalue weighted by atomic mass is 16.1. The zero-order chi connectivity index (χ0) is 11.3. The lowest BCUT2D eigenvalue weighted by Gasteiger charge is -2.27. The van der Waals surface area contributed by atoms with Gasteiger partial charge in [0.2, 0.25) is 5.91 Å². The third-order valence-electron chi connectivity index (χ3n) is 3.30. The molecule has 0 bridgehead atoms. The van der Waals surface area contributed by atoms with Crippen LogP contribution in [0.4, 0.5) is 0 Å². The van der Waals surface area contributed by atoms with Crippen molar-refractivity contribution in [2.45, 2.75) is 52.5 Å². The quantitative estimate of drug-likeness (QED) is 0.744. The Morgan fingerprint density at radius 2 is 2.00 bits per heavy atom. The van der Waals surface area contributed by atoms with Crippen molar-refractivity contribution in [1.29, 1.82) is 0 Å². The smallest absolute Gasteiger partial charge is 0.220 e. The Hall–Kier alpha value is -0.570. The average molecular weight is 212 g/mol. The molecule has 88 valence electrons. The molecule has 1 aliphatic heterocycles. The summed E-state index contributed by atoms with van der Waals surface area (Å²) in [4.78, 5) is 11.8. The van der Waals surface area contributed by atoms with Gasteiger partial charge in [0.15, 0.2) is 0 Å². The molecule has 0 aliphatic carbocycles. The van der Waals surface area contributed by atoms with Crippen LogP contribution < -0.4 is 10.6 Å². The summed E-state index contributed by atoms with van der Waals surface area (Å²) in [5.41, 5.74) is 0.136. The zero-order valence-electron chi connectivity index (χ0n) is 10.2. The van der Waals surface area contributed by atoms with E-state index in [0.717, 1.165) is 32.4 Å². The van der Waals surface area contributed by atoms with E-state index in [2.05, 4.69) is 31.4 Å². The molecule has 0 aromatic rings. The second kappa shape index (κ2) is 5.50. The van der Waals surface area contributed by atoms with E-state index in [9.17, 15) is 4.79 Å². The molecule has 0 aromatic carbocycles. The number of piperidine rings is 1. The molecular formula is C12H24N2O. The Labute approximate surface area is 93.0 Å². The van der Waals surface area contributed by atoms with Crippen LogP contribution in [0, 0.1) is 5.41 Å². The molecule has 1 amide bonds. The van der Waals surface area contributed by atoms with Crippen LogP contribution in [0.3, 0.4) is 0 Å². The number of carbonyl (C=O) groups excluding carboxylic acids is 1. The van der Waals surface area contributed by atoms with Crippen molar-refractivity contribution < 1.29 is 4.79 Å². The Bertz CT molecular complexity index is 208. The topological polar surface area (TPSA) is 41.1 Å². The van der Waals surface area contributed by atoms with Crippen molar-refractivity contribution in [2.24, 2.45) is 5.41 Å². The van der Waals surface area contributed by atoms with Crippen LogP contribution in [0.15, 0.2) is 0 Å². The molecule has 3 heteroatoms. The van der Waals surface area contributed by atoms with Crippen LogP contribution in [0.2, 0.25) is 0 Å². The summed E-state index contributed by atoms with van der Waals surface area (Å²) in [6.07, 6.45) is 3.83. The molecule has 0 aromatic heterocycles. The van der Waals surface area contributed by atoms with Crippen molar-refractivity contribution in [3.8, 4) is 0 Å². The van der Waals surface area contributed by atoms with Gasteiger partial charge in [0.1, 0.15) is 0 Å². The van der Waals surface area contributed by atoms with Gasteiger partial charge in [-0.25, -0.2) is 0 Å². The van der Waals surface area contributed by atoms with Gasteiger partial charge in [0, 0.05) is 12.5 Å². The van der Waals surface area contributed by atoms with Gasteiger partial charge in [-0.05, 0) is 31.3 Å². The molecule has 0 atom stereocenters. The molecule has 1 aliphatic rings. The first-order valence-corrected chi connectivity index (χ1v) is 6.03. The van der Waals surface area contributed by atoms with Gasteiger partial charge in [-0.3, -0.25) is 4.79 Å². The van der Waals surface area contributed by atoms with Crippen molar-refractivity contribution in [3.63, 3.8) is 0 Å². The first-order valence-electron chi connectivity index (χ1n) is 6.03. The molecule has 0 saturated carbocycles. The van der Waals surface area contributed by atoms with Gasteiger partial charge < -0.3 is 10.6 Å². The molecule has 1 fully saturated rings. The molecule has 1 saturated heterocycles. The van der Waals surface area contributed by atoms with Crippen molar-refractivity contribution >= 4 is 5.91 Å².